The van der Waals surface area contributed by atoms with E-state index < -0.39 is 0 Å². The lowest BCUT2D eigenvalue weighted by Crippen LogP contribution is -2.07. The van der Waals surface area contributed by atoms with Crippen molar-refractivity contribution in [2.45, 2.75) is 6.54 Å². The molecule has 0 fully saturated rings. The lowest BCUT2D eigenvalue weighted by Gasteiger charge is -2.06. The molecule has 0 saturated heterocycles. The molecule has 0 saturated carbocycles. The molecule has 0 amide bonds. The van der Waals surface area contributed by atoms with Crippen molar-refractivity contribution in [2.24, 2.45) is 0 Å². The molecule has 0 bridgehead atoms. The second-order valence-electron chi connectivity index (χ2n) is 3.04. The van der Waals surface area contributed by atoms with E-state index in [2.05, 4.69) is 30.6 Å². The van der Waals surface area contributed by atoms with Crippen molar-refractivity contribution >= 4 is 23.2 Å². The summed E-state index contributed by atoms with van der Waals surface area (Å²) in [5.41, 5.74) is 1.78. The lowest BCUT2D eigenvalue weighted by atomic mass is 10.5. The summed E-state index contributed by atoms with van der Waals surface area (Å²) in [5, 5.41) is 5.93. The molecule has 0 aliphatic carbocycles. The third kappa shape index (κ3) is 3.00. The summed E-state index contributed by atoms with van der Waals surface area (Å²) in [4.78, 5) is 17.4. The molecule has 17 heavy (non-hydrogen) atoms. The van der Waals surface area contributed by atoms with Gasteiger partial charge in [-0.3, -0.25) is 4.98 Å². The molecule has 0 unspecified atom stereocenters. The van der Waals surface area contributed by atoms with Gasteiger partial charge in [-0.25, -0.2) is 0 Å². The second-order valence-corrected chi connectivity index (χ2v) is 4.01. The molecule has 8 heteroatoms. The van der Waals surface area contributed by atoms with Gasteiger partial charge in [0.25, 0.3) is 0 Å². The zero-order valence-electron chi connectivity index (χ0n) is 9.47. The minimum absolute atomic E-state index is 0.274. The molecule has 7 nitrogen and oxygen atoms in total. The van der Waals surface area contributed by atoms with E-state index in [0.29, 0.717) is 18.4 Å². The van der Waals surface area contributed by atoms with Gasteiger partial charge in [0.2, 0.25) is 11.9 Å². The molecule has 2 aromatic heterocycles. The van der Waals surface area contributed by atoms with Crippen molar-refractivity contribution in [2.75, 3.05) is 24.8 Å². The Balaban J connectivity index is 2.09. The highest BCUT2D eigenvalue weighted by Crippen LogP contribution is 2.12. The van der Waals surface area contributed by atoms with Gasteiger partial charge in [0, 0.05) is 18.1 Å². The fraction of sp³-hybridized carbons (Fsp3) is 0.333. The largest absolute Gasteiger partial charge is 0.467 e. The average molecular weight is 252 g/mol. The first-order chi connectivity index (χ1) is 8.31. The number of aromatic nitrogens is 4. The van der Waals surface area contributed by atoms with Crippen LogP contribution in [0, 0.1) is 0 Å². The van der Waals surface area contributed by atoms with Crippen molar-refractivity contribution in [1.82, 2.24) is 19.9 Å². The van der Waals surface area contributed by atoms with Crippen LogP contribution in [-0.4, -0.2) is 34.1 Å². The summed E-state index contributed by atoms with van der Waals surface area (Å²) >= 11 is 1.57. The lowest BCUT2D eigenvalue weighted by molar-refractivity contribution is 0.379. The van der Waals surface area contributed by atoms with Gasteiger partial charge in [-0.15, -0.1) is 11.3 Å². The van der Waals surface area contributed by atoms with Crippen LogP contribution in [0.25, 0.3) is 0 Å². The number of nitrogens with zero attached hydrogens (tertiary/aromatic N) is 4. The highest BCUT2D eigenvalue weighted by molar-refractivity contribution is 7.09. The first-order valence-electron chi connectivity index (χ1n) is 4.91. The Hall–Kier alpha value is -1.96. The van der Waals surface area contributed by atoms with Crippen LogP contribution in [0.1, 0.15) is 4.88 Å². The smallest absolute Gasteiger partial charge is 0.322 e. The third-order valence-electron chi connectivity index (χ3n) is 1.93. The molecular formula is C9H12N6OS. The van der Waals surface area contributed by atoms with Crippen molar-refractivity contribution in [3.05, 3.63) is 16.6 Å². The minimum atomic E-state index is 0.274. The van der Waals surface area contributed by atoms with E-state index in [1.165, 1.54) is 7.11 Å². The van der Waals surface area contributed by atoms with Crippen molar-refractivity contribution in [1.29, 1.82) is 0 Å². The van der Waals surface area contributed by atoms with Gasteiger partial charge in [-0.05, 0) is 0 Å². The van der Waals surface area contributed by atoms with E-state index in [0.717, 1.165) is 4.88 Å². The number of thiazole rings is 1. The predicted molar refractivity (Wildman–Crippen MR) is 65.4 cm³/mol. The van der Waals surface area contributed by atoms with E-state index in [1.807, 2.05) is 0 Å². The van der Waals surface area contributed by atoms with Crippen LogP contribution >= 0.6 is 11.3 Å². The van der Waals surface area contributed by atoms with Crippen LogP contribution in [0.4, 0.5) is 11.9 Å². The van der Waals surface area contributed by atoms with E-state index >= 15 is 0 Å². The summed E-state index contributed by atoms with van der Waals surface area (Å²) in [6.07, 6.45) is 1.80. The Morgan fingerprint density at radius 1 is 1.29 bits per heavy atom. The fourth-order valence-corrected chi connectivity index (χ4v) is 1.67. The molecule has 0 spiro atoms. The summed E-state index contributed by atoms with van der Waals surface area (Å²) in [6, 6.07) is 0.274. The predicted octanol–water partition coefficient (Wildman–Crippen LogP) is 0.990. The third-order valence-corrected chi connectivity index (χ3v) is 2.70. The average Bonchev–Trinajstić information content (AvgIpc) is 2.89. The number of ether oxygens (including phenoxy) is 1. The van der Waals surface area contributed by atoms with Crippen LogP contribution < -0.4 is 15.4 Å². The number of nitrogens with one attached hydrogen (secondary N) is 2. The highest BCUT2D eigenvalue weighted by atomic mass is 32.1. The summed E-state index contributed by atoms with van der Waals surface area (Å²) in [6.45, 7) is 0.626. The Labute approximate surface area is 102 Å². The highest BCUT2D eigenvalue weighted by Gasteiger charge is 2.05. The Bertz CT molecular complexity index is 452. The maximum atomic E-state index is 4.98. The van der Waals surface area contributed by atoms with Crippen LogP contribution in [-0.2, 0) is 6.54 Å². The van der Waals surface area contributed by atoms with Gasteiger partial charge in [-0.2, -0.15) is 15.0 Å². The van der Waals surface area contributed by atoms with Gasteiger partial charge in [0.15, 0.2) is 0 Å². The molecule has 90 valence electrons. The molecule has 2 aromatic rings. The van der Waals surface area contributed by atoms with E-state index in [-0.39, 0.29) is 6.01 Å². The SMILES string of the molecule is CNc1nc(NCc2cncs2)nc(OC)n1. The number of anilines is 2. The molecule has 0 aliphatic heterocycles. The topological polar surface area (TPSA) is 84.9 Å². The normalized spacial score (nSPS) is 10.0. The van der Waals surface area contributed by atoms with Crippen LogP contribution in [0.5, 0.6) is 6.01 Å². The molecule has 0 radical (unpaired) electrons. The van der Waals surface area contributed by atoms with Crippen molar-refractivity contribution in [3.8, 4) is 6.01 Å². The zero-order valence-corrected chi connectivity index (χ0v) is 10.3. The van der Waals surface area contributed by atoms with E-state index in [4.69, 9.17) is 4.74 Å². The van der Waals surface area contributed by atoms with Crippen molar-refractivity contribution < 1.29 is 4.74 Å². The number of rotatable bonds is 5. The van der Waals surface area contributed by atoms with Gasteiger partial charge in [0.1, 0.15) is 0 Å². The second kappa shape index (κ2) is 5.39. The van der Waals surface area contributed by atoms with Crippen LogP contribution in [0.15, 0.2) is 11.7 Å². The van der Waals surface area contributed by atoms with Gasteiger partial charge in [-0.1, -0.05) is 0 Å². The molecule has 2 heterocycles. The number of hydrogen-bond donors (Lipinski definition) is 2. The van der Waals surface area contributed by atoms with Gasteiger partial charge >= 0.3 is 6.01 Å². The molecule has 2 rings (SSSR count). The van der Waals surface area contributed by atoms with Gasteiger partial charge in [0.05, 0.1) is 19.2 Å². The Morgan fingerprint density at radius 3 is 2.76 bits per heavy atom. The molecule has 0 aromatic carbocycles. The molecular weight excluding hydrogens is 240 g/mol. The quantitative estimate of drug-likeness (QED) is 0.820. The van der Waals surface area contributed by atoms with Crippen LogP contribution in [0.2, 0.25) is 0 Å². The maximum absolute atomic E-state index is 4.98. The van der Waals surface area contributed by atoms with Crippen molar-refractivity contribution in [3.63, 3.8) is 0 Å². The summed E-state index contributed by atoms with van der Waals surface area (Å²) in [5.74, 6) is 0.929. The first kappa shape index (κ1) is 11.5. The number of methoxy groups -OCH3 is 1. The standard InChI is InChI=1S/C9H12N6OS/c1-10-7-13-8(15-9(14-7)16-2)12-4-6-3-11-5-17-6/h3,5H,4H2,1-2H3,(H2,10,12,13,14,15). The van der Waals surface area contributed by atoms with Gasteiger partial charge < -0.3 is 15.4 Å². The van der Waals surface area contributed by atoms with E-state index in [1.54, 1.807) is 30.1 Å². The molecule has 0 atom stereocenters. The minimum Gasteiger partial charge on any atom is -0.467 e. The monoisotopic (exact) mass is 252 g/mol. The Morgan fingerprint density at radius 2 is 2.12 bits per heavy atom. The summed E-state index contributed by atoms with van der Waals surface area (Å²) < 4.78 is 4.98. The summed E-state index contributed by atoms with van der Waals surface area (Å²) in [7, 11) is 3.25. The fourth-order valence-electron chi connectivity index (χ4n) is 1.13. The van der Waals surface area contributed by atoms with Crippen LogP contribution in [0.3, 0.4) is 0 Å². The zero-order chi connectivity index (χ0) is 12.1. The molecule has 0 aliphatic rings. The maximum Gasteiger partial charge on any atom is 0.322 e. The number of hydrogen-bond acceptors (Lipinski definition) is 8. The Kier molecular flexibility index (Phi) is 3.66. The molecule has 2 N–H and O–H groups in total. The van der Waals surface area contributed by atoms with E-state index in [9.17, 15) is 0 Å². The first-order valence-corrected chi connectivity index (χ1v) is 5.79.